The van der Waals surface area contributed by atoms with Gasteiger partial charge in [0.05, 0.1) is 18.8 Å². The first kappa shape index (κ1) is 22.7. The summed E-state index contributed by atoms with van der Waals surface area (Å²) in [5, 5.41) is 2.34. The number of amides is 2. The number of aromatic nitrogens is 2. The fourth-order valence-electron chi connectivity index (χ4n) is 3.16. The third-order valence-corrected chi connectivity index (χ3v) is 4.82. The summed E-state index contributed by atoms with van der Waals surface area (Å²) >= 11 is 6.11. The molecule has 3 rings (SSSR count). The quantitative estimate of drug-likeness (QED) is 0.554. The van der Waals surface area contributed by atoms with Crippen LogP contribution >= 0.6 is 11.6 Å². The summed E-state index contributed by atoms with van der Waals surface area (Å²) in [5.74, 6) is -2.02. The summed E-state index contributed by atoms with van der Waals surface area (Å²) in [6.45, 7) is 3.09. The summed E-state index contributed by atoms with van der Waals surface area (Å²) in [5.41, 5.74) is 0.574. The fraction of sp³-hybridized carbons (Fsp3) is 0.300. The first-order valence-electron chi connectivity index (χ1n) is 9.14. The van der Waals surface area contributed by atoms with E-state index >= 15 is 0 Å². The Hall–Kier alpha value is -2.98. The van der Waals surface area contributed by atoms with E-state index in [4.69, 9.17) is 16.3 Å². The number of pyridine rings is 2. The van der Waals surface area contributed by atoms with Crippen molar-refractivity contribution in [3.8, 4) is 11.3 Å². The van der Waals surface area contributed by atoms with Crippen LogP contribution in [-0.2, 0) is 9.53 Å². The lowest BCUT2D eigenvalue weighted by atomic mass is 10.0. The topological polar surface area (TPSA) is 84.4 Å². The molecule has 3 heterocycles. The Morgan fingerprint density at radius 3 is 2.68 bits per heavy atom. The van der Waals surface area contributed by atoms with Gasteiger partial charge in [0.1, 0.15) is 23.1 Å². The lowest BCUT2D eigenvalue weighted by Gasteiger charge is -2.37. The molecule has 2 atom stereocenters. The number of ether oxygens (including phenoxy) is 1. The standard InChI is InChI=1S/C20H18ClF3N4O3/c1-3-18(29)28-8-14(31-15(9-28)19(23)24)11-5-12(26-16(21)6-11)10-4-13(20(30)25-2)27-17(22)7-10/h3-7,14-15,19H,1,8-9H2,2H3,(H,25,30)/t14-,15+/m0/s1. The second-order valence-corrected chi connectivity index (χ2v) is 7.08. The van der Waals surface area contributed by atoms with Crippen LogP contribution in [0.5, 0.6) is 0 Å². The molecule has 0 radical (unpaired) electrons. The molecule has 7 nitrogen and oxygen atoms in total. The Bertz CT molecular complexity index is 1020. The van der Waals surface area contributed by atoms with Gasteiger partial charge in [-0.15, -0.1) is 0 Å². The van der Waals surface area contributed by atoms with Crippen LogP contribution in [0.25, 0.3) is 11.3 Å². The monoisotopic (exact) mass is 454 g/mol. The number of carbonyl (C=O) groups excluding carboxylic acids is 2. The smallest absolute Gasteiger partial charge is 0.269 e. The molecule has 1 fully saturated rings. The zero-order chi connectivity index (χ0) is 22.7. The Labute approximate surface area is 180 Å². The van der Waals surface area contributed by atoms with Gasteiger partial charge in [0.25, 0.3) is 12.3 Å². The average molecular weight is 455 g/mol. The average Bonchev–Trinajstić information content (AvgIpc) is 2.76. The number of rotatable bonds is 5. The van der Waals surface area contributed by atoms with Gasteiger partial charge in [-0.3, -0.25) is 9.59 Å². The lowest BCUT2D eigenvalue weighted by Crippen LogP contribution is -2.48. The highest BCUT2D eigenvalue weighted by Crippen LogP contribution is 2.32. The van der Waals surface area contributed by atoms with E-state index in [1.807, 2.05) is 0 Å². The van der Waals surface area contributed by atoms with Crippen molar-refractivity contribution in [1.82, 2.24) is 20.2 Å². The lowest BCUT2D eigenvalue weighted by molar-refractivity contribution is -0.159. The van der Waals surface area contributed by atoms with E-state index < -0.39 is 36.4 Å². The van der Waals surface area contributed by atoms with Crippen molar-refractivity contribution in [3.63, 3.8) is 0 Å². The second kappa shape index (κ2) is 9.44. The van der Waals surface area contributed by atoms with Crippen molar-refractivity contribution in [3.05, 3.63) is 59.3 Å². The fourth-order valence-corrected chi connectivity index (χ4v) is 3.38. The Balaban J connectivity index is 2.00. The molecule has 0 bridgehead atoms. The molecular weight excluding hydrogens is 437 g/mol. The number of morpholine rings is 1. The molecule has 1 N–H and O–H groups in total. The number of nitrogens with one attached hydrogen (secondary N) is 1. The van der Waals surface area contributed by atoms with E-state index in [0.29, 0.717) is 5.56 Å². The van der Waals surface area contributed by atoms with E-state index in [1.54, 1.807) is 0 Å². The van der Waals surface area contributed by atoms with Crippen molar-refractivity contribution in [2.45, 2.75) is 18.6 Å². The Morgan fingerprint density at radius 2 is 2.03 bits per heavy atom. The van der Waals surface area contributed by atoms with Gasteiger partial charge in [0, 0.05) is 18.7 Å². The third kappa shape index (κ3) is 5.20. The highest BCUT2D eigenvalue weighted by molar-refractivity contribution is 6.29. The summed E-state index contributed by atoms with van der Waals surface area (Å²) in [6, 6.07) is 5.27. The predicted octanol–water partition coefficient (Wildman–Crippen LogP) is 3.02. The summed E-state index contributed by atoms with van der Waals surface area (Å²) < 4.78 is 46.2. The van der Waals surface area contributed by atoms with Gasteiger partial charge in [-0.2, -0.15) is 4.39 Å². The molecule has 0 spiro atoms. The van der Waals surface area contributed by atoms with E-state index in [1.165, 1.54) is 30.1 Å². The highest BCUT2D eigenvalue weighted by Gasteiger charge is 2.36. The van der Waals surface area contributed by atoms with Gasteiger partial charge >= 0.3 is 0 Å². The first-order chi connectivity index (χ1) is 14.7. The molecule has 164 valence electrons. The van der Waals surface area contributed by atoms with Gasteiger partial charge in [-0.1, -0.05) is 18.2 Å². The minimum atomic E-state index is -2.82. The zero-order valence-corrected chi connectivity index (χ0v) is 17.1. The van der Waals surface area contributed by atoms with Gasteiger partial charge in [-0.05, 0) is 29.8 Å². The summed E-state index contributed by atoms with van der Waals surface area (Å²) in [6.07, 6.45) is -4.21. The highest BCUT2D eigenvalue weighted by atomic mass is 35.5. The van der Waals surface area contributed by atoms with Gasteiger partial charge in [0.2, 0.25) is 11.9 Å². The van der Waals surface area contributed by atoms with Crippen molar-refractivity contribution >= 4 is 23.4 Å². The molecule has 1 saturated heterocycles. The molecule has 31 heavy (non-hydrogen) atoms. The van der Waals surface area contributed by atoms with Gasteiger partial charge < -0.3 is 15.0 Å². The van der Waals surface area contributed by atoms with Crippen LogP contribution < -0.4 is 5.32 Å². The summed E-state index contributed by atoms with van der Waals surface area (Å²) in [7, 11) is 1.38. The molecule has 0 aliphatic carbocycles. The van der Waals surface area contributed by atoms with Crippen molar-refractivity contribution in [1.29, 1.82) is 0 Å². The molecule has 2 aromatic rings. The van der Waals surface area contributed by atoms with Crippen LogP contribution in [0.4, 0.5) is 13.2 Å². The predicted molar refractivity (Wildman–Crippen MR) is 106 cm³/mol. The number of hydrogen-bond donors (Lipinski definition) is 1. The van der Waals surface area contributed by atoms with Crippen LogP contribution in [0.3, 0.4) is 0 Å². The van der Waals surface area contributed by atoms with Crippen LogP contribution in [0, 0.1) is 5.95 Å². The molecule has 2 amide bonds. The largest absolute Gasteiger partial charge is 0.361 e. The van der Waals surface area contributed by atoms with Gasteiger partial charge in [-0.25, -0.2) is 18.7 Å². The van der Waals surface area contributed by atoms with Crippen molar-refractivity contribution in [2.75, 3.05) is 20.1 Å². The maximum absolute atomic E-state index is 14.0. The zero-order valence-electron chi connectivity index (χ0n) is 16.3. The molecule has 0 saturated carbocycles. The second-order valence-electron chi connectivity index (χ2n) is 6.70. The Morgan fingerprint density at radius 1 is 1.29 bits per heavy atom. The molecule has 0 aromatic carbocycles. The number of carbonyl (C=O) groups is 2. The van der Waals surface area contributed by atoms with E-state index in [-0.39, 0.29) is 35.2 Å². The minimum Gasteiger partial charge on any atom is -0.361 e. The maximum atomic E-state index is 14.0. The van der Waals surface area contributed by atoms with Crippen LogP contribution in [0.15, 0.2) is 36.9 Å². The molecule has 11 heteroatoms. The first-order valence-corrected chi connectivity index (χ1v) is 9.52. The number of halogens is 4. The third-order valence-electron chi connectivity index (χ3n) is 4.63. The van der Waals surface area contributed by atoms with Crippen LogP contribution in [0.2, 0.25) is 5.15 Å². The van der Waals surface area contributed by atoms with E-state index in [9.17, 15) is 22.8 Å². The molecule has 1 aliphatic heterocycles. The van der Waals surface area contributed by atoms with Crippen molar-refractivity contribution < 1.29 is 27.5 Å². The van der Waals surface area contributed by atoms with Crippen LogP contribution in [0.1, 0.15) is 22.2 Å². The summed E-state index contributed by atoms with van der Waals surface area (Å²) in [4.78, 5) is 32.7. The number of nitrogens with zero attached hydrogens (tertiary/aromatic N) is 3. The van der Waals surface area contributed by atoms with E-state index in [0.717, 1.165) is 12.1 Å². The van der Waals surface area contributed by atoms with Crippen molar-refractivity contribution in [2.24, 2.45) is 0 Å². The maximum Gasteiger partial charge on any atom is 0.269 e. The Kier molecular flexibility index (Phi) is 6.91. The van der Waals surface area contributed by atoms with Crippen LogP contribution in [-0.4, -0.2) is 59.3 Å². The molecule has 0 unspecified atom stereocenters. The molecule has 2 aromatic heterocycles. The number of hydrogen-bond acceptors (Lipinski definition) is 5. The minimum absolute atomic E-state index is 0.00409. The normalized spacial score (nSPS) is 18.7. The van der Waals surface area contributed by atoms with Gasteiger partial charge in [0.15, 0.2) is 0 Å². The molecular formula is C20H18ClF3N4O3. The molecule has 1 aliphatic rings. The van der Waals surface area contributed by atoms with E-state index in [2.05, 4.69) is 21.9 Å². The SMILES string of the molecule is C=CC(=O)N1C[C@@H](c2cc(Cl)nc(-c3cc(F)nc(C(=O)NC)c3)c2)O[C@@H](C(F)F)C1. The number of alkyl halides is 2.